The second-order valence-electron chi connectivity index (χ2n) is 11.8. The summed E-state index contributed by atoms with van der Waals surface area (Å²) in [7, 11) is 6.43. The molecule has 0 saturated heterocycles. The molecule has 0 unspecified atom stereocenters. The van der Waals surface area contributed by atoms with E-state index < -0.39 is 23.5 Å². The first kappa shape index (κ1) is 29.8. The van der Waals surface area contributed by atoms with Crippen LogP contribution in [0.15, 0.2) is 65.6 Å². The maximum Gasteiger partial charge on any atom is 0.416 e. The average molecular weight is 593 g/mol. The number of alkyl halides is 3. The number of hydrogen-bond donors (Lipinski definition) is 1. The van der Waals surface area contributed by atoms with Crippen LogP contribution in [0.2, 0.25) is 0 Å². The van der Waals surface area contributed by atoms with E-state index >= 15 is 0 Å². The Morgan fingerprint density at radius 3 is 2.30 bits per heavy atom. The van der Waals surface area contributed by atoms with Gasteiger partial charge in [0.2, 0.25) is 0 Å². The van der Waals surface area contributed by atoms with Crippen molar-refractivity contribution >= 4 is 6.03 Å². The standard InChI is InChI=1S/C31H32F3N7O2/c1-20-28(27-16-17-36-40(27)24-12-8-21(19-35)9-13-24)39(29(42)37-23-10-14-26(15-11-23)41(2,3)4)30(43)38(20)25-7-5-6-22(18-25)31(32,33)34/h5-9,12-13,16-18,23,26H,10-11,14-15H2,1-4H3/p+1/t23-,26+. The van der Waals surface area contributed by atoms with Gasteiger partial charge in [0.25, 0.3) is 0 Å². The highest BCUT2D eigenvalue weighted by atomic mass is 19.4. The molecular formula is C31H33F3N7O2+. The van der Waals surface area contributed by atoms with Crippen molar-refractivity contribution in [2.45, 2.75) is 50.9 Å². The molecule has 0 bridgehead atoms. The molecule has 0 atom stereocenters. The molecule has 1 aliphatic rings. The predicted octanol–water partition coefficient (Wildman–Crippen LogP) is 5.27. The summed E-state index contributed by atoms with van der Waals surface area (Å²) < 4.78 is 45.2. The third-order valence-electron chi connectivity index (χ3n) is 8.17. The van der Waals surface area contributed by atoms with Crippen molar-refractivity contribution in [1.29, 1.82) is 5.26 Å². The van der Waals surface area contributed by atoms with E-state index in [9.17, 15) is 28.0 Å². The smallest absolute Gasteiger partial charge is 0.335 e. The molecular weight excluding hydrogens is 559 g/mol. The van der Waals surface area contributed by atoms with Gasteiger partial charge >= 0.3 is 17.9 Å². The van der Waals surface area contributed by atoms with E-state index in [2.05, 4.69) is 37.6 Å². The Balaban J connectivity index is 1.62. The van der Waals surface area contributed by atoms with Crippen molar-refractivity contribution in [1.82, 2.24) is 24.2 Å². The molecule has 43 heavy (non-hydrogen) atoms. The molecule has 1 aliphatic carbocycles. The molecule has 1 fully saturated rings. The van der Waals surface area contributed by atoms with Crippen molar-refractivity contribution in [2.24, 2.45) is 0 Å². The topological polar surface area (TPSA) is 97.6 Å². The molecule has 12 heteroatoms. The number of rotatable bonds is 5. The van der Waals surface area contributed by atoms with Gasteiger partial charge in [0.05, 0.1) is 73.3 Å². The molecule has 0 aliphatic heterocycles. The SMILES string of the molecule is Cc1c(-c2ccnn2-c2ccc(C#N)cc2)n(C(=O)N[C@H]2CC[C@@H]([N+](C)(C)C)CC2)c(=O)n1-c1cccc(C(F)(F)F)c1. The van der Waals surface area contributed by atoms with Crippen molar-refractivity contribution in [3.63, 3.8) is 0 Å². The lowest BCUT2D eigenvalue weighted by Gasteiger charge is -2.38. The number of nitrogens with zero attached hydrogens (tertiary/aromatic N) is 6. The molecule has 224 valence electrons. The number of carbonyl (C=O) groups excluding carboxylic acids is 1. The van der Waals surface area contributed by atoms with Gasteiger partial charge in [-0.2, -0.15) is 23.5 Å². The van der Waals surface area contributed by atoms with Crippen molar-refractivity contribution < 1.29 is 22.4 Å². The van der Waals surface area contributed by atoms with E-state index in [0.717, 1.165) is 51.4 Å². The van der Waals surface area contributed by atoms with Crippen LogP contribution in [0.5, 0.6) is 0 Å². The number of amides is 1. The molecule has 9 nitrogen and oxygen atoms in total. The van der Waals surface area contributed by atoms with Crippen molar-refractivity contribution in [2.75, 3.05) is 21.1 Å². The number of carbonyl (C=O) groups is 1. The largest absolute Gasteiger partial charge is 0.416 e. The van der Waals surface area contributed by atoms with Crippen LogP contribution in [0.1, 0.15) is 42.5 Å². The normalized spacial score (nSPS) is 17.4. The summed E-state index contributed by atoms with van der Waals surface area (Å²) in [6.07, 6.45) is 0.194. The minimum atomic E-state index is -4.62. The lowest BCUT2D eigenvalue weighted by molar-refractivity contribution is -0.897. The quantitative estimate of drug-likeness (QED) is 0.320. The average Bonchev–Trinajstić information content (AvgIpc) is 3.54. The van der Waals surface area contributed by atoms with Crippen LogP contribution in [0.3, 0.4) is 0 Å². The molecule has 4 aromatic rings. The second-order valence-corrected chi connectivity index (χ2v) is 11.8. The zero-order valence-electron chi connectivity index (χ0n) is 24.4. The number of hydrogen-bond acceptors (Lipinski definition) is 4. The number of nitrogens with one attached hydrogen (secondary N) is 1. The molecule has 2 aromatic carbocycles. The van der Waals surface area contributed by atoms with Gasteiger partial charge in [-0.3, -0.25) is 4.57 Å². The van der Waals surface area contributed by atoms with Crippen LogP contribution >= 0.6 is 0 Å². The third-order valence-corrected chi connectivity index (χ3v) is 8.17. The summed E-state index contributed by atoms with van der Waals surface area (Å²) in [5.74, 6) is 0. The van der Waals surface area contributed by atoms with Crippen LogP contribution in [0.4, 0.5) is 18.0 Å². The Hall–Kier alpha value is -4.63. The number of quaternary nitrogens is 1. The lowest BCUT2D eigenvalue weighted by atomic mass is 9.89. The fourth-order valence-corrected chi connectivity index (χ4v) is 5.82. The summed E-state index contributed by atoms with van der Waals surface area (Å²) in [6.45, 7) is 1.59. The number of aromatic nitrogens is 4. The zero-order chi connectivity index (χ0) is 31.1. The Bertz CT molecular complexity index is 1740. The van der Waals surface area contributed by atoms with E-state index in [-0.39, 0.29) is 23.1 Å². The lowest BCUT2D eigenvalue weighted by Crippen LogP contribution is -2.50. The molecule has 1 N–H and O–H groups in total. The first-order valence-electron chi connectivity index (χ1n) is 14.0. The maximum atomic E-state index is 14.0. The van der Waals surface area contributed by atoms with Gasteiger partial charge in [0.1, 0.15) is 5.69 Å². The minimum Gasteiger partial charge on any atom is -0.335 e. The zero-order valence-corrected chi connectivity index (χ0v) is 24.4. The highest BCUT2D eigenvalue weighted by Gasteiger charge is 2.34. The second kappa shape index (κ2) is 11.2. The van der Waals surface area contributed by atoms with Gasteiger partial charge in [-0.05, 0) is 68.3 Å². The molecule has 2 aromatic heterocycles. The van der Waals surface area contributed by atoms with E-state index in [4.69, 9.17) is 0 Å². The molecule has 2 heterocycles. The van der Waals surface area contributed by atoms with Crippen LogP contribution < -0.4 is 11.0 Å². The summed E-state index contributed by atoms with van der Waals surface area (Å²) in [5, 5.41) is 16.6. The highest BCUT2D eigenvalue weighted by molar-refractivity contribution is 5.83. The molecule has 1 saturated carbocycles. The van der Waals surface area contributed by atoms with Gasteiger partial charge in [-0.1, -0.05) is 6.07 Å². The first-order valence-corrected chi connectivity index (χ1v) is 14.0. The first-order chi connectivity index (χ1) is 20.3. The Morgan fingerprint density at radius 1 is 1.02 bits per heavy atom. The van der Waals surface area contributed by atoms with Crippen LogP contribution in [0, 0.1) is 18.3 Å². The summed E-state index contributed by atoms with van der Waals surface area (Å²) in [5.41, 5.74) is 0.143. The Kier molecular flexibility index (Phi) is 7.79. The van der Waals surface area contributed by atoms with Crippen LogP contribution in [-0.2, 0) is 6.18 Å². The van der Waals surface area contributed by atoms with E-state index in [0.29, 0.717) is 23.0 Å². The third kappa shape index (κ3) is 5.85. The summed E-state index contributed by atoms with van der Waals surface area (Å²) in [6, 6.07) is 14.4. The number of benzene rings is 2. The van der Waals surface area contributed by atoms with E-state index in [1.165, 1.54) is 23.0 Å². The molecule has 0 spiro atoms. The monoisotopic (exact) mass is 592 g/mol. The van der Waals surface area contributed by atoms with Gasteiger partial charge in [0.15, 0.2) is 0 Å². The number of imidazole rings is 1. The fourth-order valence-electron chi connectivity index (χ4n) is 5.82. The molecule has 5 rings (SSSR count). The summed E-state index contributed by atoms with van der Waals surface area (Å²) >= 11 is 0. The van der Waals surface area contributed by atoms with Crippen LogP contribution in [-0.4, -0.2) is 62.7 Å². The highest BCUT2D eigenvalue weighted by Crippen LogP contribution is 2.32. The van der Waals surface area contributed by atoms with Crippen molar-refractivity contribution in [3.8, 4) is 28.8 Å². The molecule has 0 radical (unpaired) electrons. The van der Waals surface area contributed by atoms with Gasteiger partial charge in [-0.25, -0.2) is 18.8 Å². The van der Waals surface area contributed by atoms with Gasteiger partial charge < -0.3 is 9.80 Å². The minimum absolute atomic E-state index is 0.0157. The fraction of sp³-hybridized carbons (Fsp3) is 0.355. The van der Waals surface area contributed by atoms with Gasteiger partial charge in [-0.15, -0.1) is 0 Å². The van der Waals surface area contributed by atoms with Crippen LogP contribution in [0.25, 0.3) is 22.8 Å². The predicted molar refractivity (Wildman–Crippen MR) is 155 cm³/mol. The van der Waals surface area contributed by atoms with E-state index in [1.54, 1.807) is 37.3 Å². The summed E-state index contributed by atoms with van der Waals surface area (Å²) in [4.78, 5) is 27.9. The number of halogens is 3. The van der Waals surface area contributed by atoms with Crippen molar-refractivity contribution in [3.05, 3.63) is 88.1 Å². The van der Waals surface area contributed by atoms with E-state index in [1.807, 2.05) is 0 Å². The Labute approximate surface area is 247 Å². The number of nitriles is 1. The van der Waals surface area contributed by atoms with Gasteiger partial charge in [0, 0.05) is 18.9 Å². The maximum absolute atomic E-state index is 14.0. The molecule has 1 amide bonds. The Morgan fingerprint density at radius 2 is 1.70 bits per heavy atom.